The van der Waals surface area contributed by atoms with E-state index in [1.54, 1.807) is 0 Å². The van der Waals surface area contributed by atoms with Crippen molar-refractivity contribution in [3.05, 3.63) is 35.2 Å². The summed E-state index contributed by atoms with van der Waals surface area (Å²) >= 11 is 1.10. The molecule has 1 saturated heterocycles. The van der Waals surface area contributed by atoms with Crippen molar-refractivity contribution in [1.82, 2.24) is 9.88 Å². The summed E-state index contributed by atoms with van der Waals surface area (Å²) in [5, 5.41) is 2.91. The van der Waals surface area contributed by atoms with Gasteiger partial charge < -0.3 is 21.1 Å². The predicted molar refractivity (Wildman–Crippen MR) is 100 cm³/mol. The number of anilines is 1. The molecule has 142 valence electrons. The number of carbonyl (C=O) groups excluding carboxylic acids is 3. The topological polar surface area (TPSA) is 141 Å². The van der Waals surface area contributed by atoms with E-state index in [0.717, 1.165) is 16.9 Å². The summed E-state index contributed by atoms with van der Waals surface area (Å²) in [4.78, 5) is 41.1. The zero-order valence-corrected chi connectivity index (χ0v) is 15.2. The summed E-state index contributed by atoms with van der Waals surface area (Å²) < 4.78 is 5.52. The van der Waals surface area contributed by atoms with Crippen LogP contribution in [0.5, 0.6) is 0 Å². The quantitative estimate of drug-likeness (QED) is 0.686. The number of benzene rings is 1. The highest BCUT2D eigenvalue weighted by molar-refractivity contribution is 7.17. The van der Waals surface area contributed by atoms with E-state index in [9.17, 15) is 14.4 Å². The highest BCUT2D eigenvalue weighted by Crippen LogP contribution is 2.32. The second kappa shape index (κ2) is 8.04. The maximum absolute atomic E-state index is 12.7. The fourth-order valence-electron chi connectivity index (χ4n) is 2.80. The van der Waals surface area contributed by atoms with Crippen LogP contribution in [0.15, 0.2) is 30.3 Å². The van der Waals surface area contributed by atoms with Gasteiger partial charge in [-0.3, -0.25) is 5.32 Å². The molecule has 0 bridgehead atoms. The Kier molecular flexibility index (Phi) is 5.55. The van der Waals surface area contributed by atoms with Crippen LogP contribution in [0.1, 0.15) is 22.5 Å². The number of primary amides is 2. The van der Waals surface area contributed by atoms with Crippen LogP contribution >= 0.6 is 11.3 Å². The first-order chi connectivity index (χ1) is 12.9. The van der Waals surface area contributed by atoms with Crippen LogP contribution in [0.2, 0.25) is 0 Å². The third kappa shape index (κ3) is 4.53. The minimum absolute atomic E-state index is 0.0546. The Labute approximate surface area is 159 Å². The van der Waals surface area contributed by atoms with E-state index in [2.05, 4.69) is 10.3 Å². The largest absolute Gasteiger partial charge is 0.456 e. The molecule has 1 aliphatic heterocycles. The zero-order chi connectivity index (χ0) is 19.4. The average Bonchev–Trinajstić information content (AvgIpc) is 3.06. The number of nitrogens with one attached hydrogen (secondary N) is 1. The van der Waals surface area contributed by atoms with Crippen molar-refractivity contribution in [2.24, 2.45) is 11.5 Å². The first-order valence-corrected chi connectivity index (χ1v) is 9.13. The molecule has 1 unspecified atom stereocenters. The molecule has 10 heteroatoms. The molecule has 2 heterocycles. The van der Waals surface area contributed by atoms with Gasteiger partial charge in [-0.15, -0.1) is 11.3 Å². The molecular weight excluding hydrogens is 370 g/mol. The minimum Gasteiger partial charge on any atom is -0.456 e. The van der Waals surface area contributed by atoms with E-state index < -0.39 is 24.1 Å². The summed E-state index contributed by atoms with van der Waals surface area (Å²) in [6.45, 7) is 0.778. The van der Waals surface area contributed by atoms with Crippen LogP contribution in [0.4, 0.5) is 15.4 Å². The Bertz CT molecular complexity index is 854. The van der Waals surface area contributed by atoms with Crippen LogP contribution < -0.4 is 16.8 Å². The van der Waals surface area contributed by atoms with Crippen molar-refractivity contribution in [3.63, 3.8) is 0 Å². The van der Waals surface area contributed by atoms with Gasteiger partial charge in [0.2, 0.25) is 0 Å². The Hall–Kier alpha value is -3.14. The van der Waals surface area contributed by atoms with Crippen molar-refractivity contribution >= 4 is 35.2 Å². The van der Waals surface area contributed by atoms with Crippen LogP contribution in [-0.2, 0) is 4.74 Å². The van der Waals surface area contributed by atoms with Crippen LogP contribution in [-0.4, -0.2) is 47.1 Å². The summed E-state index contributed by atoms with van der Waals surface area (Å²) in [7, 11) is 0. The Balaban J connectivity index is 1.81. The van der Waals surface area contributed by atoms with Gasteiger partial charge in [0.05, 0.1) is 6.54 Å². The first kappa shape index (κ1) is 18.6. The fourth-order valence-corrected chi connectivity index (χ4v) is 3.71. The van der Waals surface area contributed by atoms with Gasteiger partial charge in [-0.25, -0.2) is 19.4 Å². The average molecular weight is 389 g/mol. The first-order valence-electron chi connectivity index (χ1n) is 8.32. The molecule has 1 aromatic carbocycles. The van der Waals surface area contributed by atoms with Crippen LogP contribution in [0, 0.1) is 0 Å². The Morgan fingerprint density at radius 1 is 1.22 bits per heavy atom. The number of piperidine rings is 1. The lowest BCUT2D eigenvalue weighted by atomic mass is 10.1. The van der Waals surface area contributed by atoms with Crippen molar-refractivity contribution in [2.75, 3.05) is 18.4 Å². The van der Waals surface area contributed by atoms with Gasteiger partial charge in [0, 0.05) is 12.1 Å². The number of likely N-dealkylation sites (tertiary alicyclic amines) is 1. The van der Waals surface area contributed by atoms with Crippen molar-refractivity contribution in [3.8, 4) is 10.6 Å². The van der Waals surface area contributed by atoms with E-state index in [-0.39, 0.29) is 17.2 Å². The fraction of sp³-hybridized carbons (Fsp3) is 0.294. The van der Waals surface area contributed by atoms with Gasteiger partial charge in [0.1, 0.15) is 11.1 Å². The van der Waals surface area contributed by atoms with E-state index in [1.165, 1.54) is 4.90 Å². The number of ether oxygens (including phenoxy) is 1. The normalized spacial score (nSPS) is 16.6. The van der Waals surface area contributed by atoms with Crippen LogP contribution in [0.3, 0.4) is 0 Å². The number of hydrogen-bond acceptors (Lipinski definition) is 6. The molecule has 9 nitrogen and oxygen atoms in total. The number of hydrogen-bond donors (Lipinski definition) is 3. The van der Waals surface area contributed by atoms with Crippen molar-refractivity contribution in [1.29, 1.82) is 0 Å². The SMILES string of the molecule is NC(=O)Nc1nc(-c2ccccc2)sc1C(=O)OC1CCCN(C(N)=O)C1. The van der Waals surface area contributed by atoms with Gasteiger partial charge in [0.15, 0.2) is 10.7 Å². The lowest BCUT2D eigenvalue weighted by Crippen LogP contribution is -2.46. The third-order valence-corrected chi connectivity index (χ3v) is 5.12. The van der Waals surface area contributed by atoms with Gasteiger partial charge in [-0.1, -0.05) is 30.3 Å². The lowest BCUT2D eigenvalue weighted by molar-refractivity contribution is 0.0134. The standard InChI is InChI=1S/C17H19N5O4S/c18-16(24)21-13-12(27-14(20-13)10-5-2-1-3-6-10)15(23)26-11-7-4-8-22(9-11)17(19)25/h1-3,5-6,11H,4,7-9H2,(H2,19,25)(H3,18,21,24). The number of rotatable bonds is 4. The maximum atomic E-state index is 12.7. The predicted octanol–water partition coefficient (Wildman–Crippen LogP) is 2.00. The summed E-state index contributed by atoms with van der Waals surface area (Å²) in [6.07, 6.45) is 0.839. The van der Waals surface area contributed by atoms with Crippen molar-refractivity contribution in [2.45, 2.75) is 18.9 Å². The molecule has 0 radical (unpaired) electrons. The molecule has 1 aromatic heterocycles. The molecule has 1 atom stereocenters. The van der Waals surface area contributed by atoms with Gasteiger partial charge in [-0.2, -0.15) is 0 Å². The molecule has 5 N–H and O–H groups in total. The van der Waals surface area contributed by atoms with Gasteiger partial charge in [-0.05, 0) is 12.8 Å². The number of thiazole rings is 1. The molecule has 27 heavy (non-hydrogen) atoms. The number of amides is 4. The molecule has 0 spiro atoms. The smallest absolute Gasteiger partial charge is 0.352 e. The number of urea groups is 2. The van der Waals surface area contributed by atoms with E-state index in [4.69, 9.17) is 16.2 Å². The number of aromatic nitrogens is 1. The molecule has 1 fully saturated rings. The van der Waals surface area contributed by atoms with Crippen molar-refractivity contribution < 1.29 is 19.1 Å². The summed E-state index contributed by atoms with van der Waals surface area (Å²) in [5.41, 5.74) is 11.3. The molecular formula is C17H19N5O4S. The molecule has 0 saturated carbocycles. The van der Waals surface area contributed by atoms with E-state index in [1.807, 2.05) is 30.3 Å². The molecule has 3 rings (SSSR count). The molecule has 0 aliphatic carbocycles. The summed E-state index contributed by atoms with van der Waals surface area (Å²) in [5.74, 6) is -0.575. The lowest BCUT2D eigenvalue weighted by Gasteiger charge is -2.30. The highest BCUT2D eigenvalue weighted by atomic mass is 32.1. The number of carbonyl (C=O) groups is 3. The Morgan fingerprint density at radius 2 is 1.96 bits per heavy atom. The maximum Gasteiger partial charge on any atom is 0.352 e. The summed E-state index contributed by atoms with van der Waals surface area (Å²) in [6, 6.07) is 7.86. The third-order valence-electron chi connectivity index (χ3n) is 4.04. The molecule has 4 amide bonds. The van der Waals surface area contributed by atoms with Crippen LogP contribution in [0.25, 0.3) is 10.6 Å². The highest BCUT2D eigenvalue weighted by Gasteiger charge is 2.28. The molecule has 2 aromatic rings. The minimum atomic E-state index is -0.827. The van der Waals surface area contributed by atoms with E-state index in [0.29, 0.717) is 24.4 Å². The molecule has 1 aliphatic rings. The van der Waals surface area contributed by atoms with Gasteiger partial charge >= 0.3 is 18.0 Å². The van der Waals surface area contributed by atoms with E-state index >= 15 is 0 Å². The number of nitrogens with zero attached hydrogens (tertiary/aromatic N) is 2. The second-order valence-corrected chi connectivity index (χ2v) is 7.00. The van der Waals surface area contributed by atoms with Gasteiger partial charge in [0.25, 0.3) is 0 Å². The monoisotopic (exact) mass is 389 g/mol. The zero-order valence-electron chi connectivity index (χ0n) is 14.4. The second-order valence-electron chi connectivity index (χ2n) is 6.01. The number of esters is 1. The number of nitrogens with two attached hydrogens (primary N) is 2. The Morgan fingerprint density at radius 3 is 2.63 bits per heavy atom.